The molecule has 5 atom stereocenters. The van der Waals surface area contributed by atoms with E-state index in [1.807, 2.05) is 85.8 Å². The van der Waals surface area contributed by atoms with Crippen LogP contribution >= 0.6 is 0 Å². The number of hydrogen-bond donors (Lipinski definition) is 3. The SMILES string of the molecule is [B]N[C@@H](CC)C(=O)N[C@@H]1C(=O)N2[C@@H](CC[C@@H]1CN(CC)Cc1ccccc1)CC[C@H]2C(=O)NC(c1ccccc1)c1ccccc1. The third-order valence-corrected chi connectivity index (χ3v) is 9.63. The molecule has 8 nitrogen and oxygen atoms in total. The molecule has 2 radical (unpaired) electrons. The van der Waals surface area contributed by atoms with Crippen LogP contribution in [-0.4, -0.2) is 72.8 Å². The van der Waals surface area contributed by atoms with Crippen molar-refractivity contribution in [3.63, 3.8) is 0 Å². The van der Waals surface area contributed by atoms with Gasteiger partial charge in [-0.15, -0.1) is 0 Å². The Balaban J connectivity index is 1.40. The van der Waals surface area contributed by atoms with Crippen LogP contribution in [0, 0.1) is 5.92 Å². The third kappa shape index (κ3) is 7.88. The maximum atomic E-state index is 14.6. The predicted octanol–water partition coefficient (Wildman–Crippen LogP) is 4.12. The second-order valence-electron chi connectivity index (χ2n) is 12.5. The lowest BCUT2D eigenvalue weighted by Crippen LogP contribution is -2.59. The van der Waals surface area contributed by atoms with E-state index >= 15 is 0 Å². The molecule has 2 aliphatic rings. The molecular formula is C37H46BN5O3. The van der Waals surface area contributed by atoms with Gasteiger partial charge in [-0.1, -0.05) is 105 Å². The molecule has 0 aliphatic carbocycles. The van der Waals surface area contributed by atoms with Crippen LogP contribution in [0.4, 0.5) is 0 Å². The molecule has 46 heavy (non-hydrogen) atoms. The van der Waals surface area contributed by atoms with Crippen molar-refractivity contribution in [1.82, 2.24) is 25.7 Å². The standard InChI is InChI=1S/C37H46BN5O3/c1-3-31(41-38)35(44)40-34-29(25-42(4-2)24-26-14-8-5-9-15-26)20-21-30-22-23-32(43(30)37(34)46)36(45)39-33(27-16-10-6-11-17-27)28-18-12-7-13-19-28/h5-19,29-34,41H,3-4,20-25H2,1-2H3,(H,39,45)(H,40,44)/t29-,30+,31+,32+,34+/m1/s1. The van der Waals surface area contributed by atoms with E-state index in [2.05, 4.69) is 39.8 Å². The van der Waals surface area contributed by atoms with Crippen molar-refractivity contribution in [3.05, 3.63) is 108 Å². The highest BCUT2D eigenvalue weighted by atomic mass is 16.2. The second kappa shape index (κ2) is 16.1. The van der Waals surface area contributed by atoms with Crippen LogP contribution in [-0.2, 0) is 20.9 Å². The van der Waals surface area contributed by atoms with Crippen LogP contribution in [0.15, 0.2) is 91.0 Å². The first-order chi connectivity index (χ1) is 22.4. The number of carbonyl (C=O) groups is 3. The van der Waals surface area contributed by atoms with Gasteiger partial charge in [0.1, 0.15) is 12.1 Å². The minimum absolute atomic E-state index is 0.0571. The molecule has 2 fully saturated rings. The summed E-state index contributed by atoms with van der Waals surface area (Å²) in [5.74, 6) is -0.777. The maximum absolute atomic E-state index is 14.6. The van der Waals surface area contributed by atoms with E-state index in [0.29, 0.717) is 19.4 Å². The quantitative estimate of drug-likeness (QED) is 0.251. The number of fused-ring (bicyclic) bond motifs is 1. The van der Waals surface area contributed by atoms with E-state index in [-0.39, 0.29) is 35.7 Å². The smallest absolute Gasteiger partial charge is 0.246 e. The van der Waals surface area contributed by atoms with Gasteiger partial charge in [0.25, 0.3) is 0 Å². The number of rotatable bonds is 13. The molecule has 3 N–H and O–H groups in total. The third-order valence-electron chi connectivity index (χ3n) is 9.63. The van der Waals surface area contributed by atoms with E-state index in [9.17, 15) is 14.4 Å². The summed E-state index contributed by atoms with van der Waals surface area (Å²) in [6.45, 7) is 6.21. The monoisotopic (exact) mass is 619 g/mol. The highest BCUT2D eigenvalue weighted by molar-refractivity contribution is 6.07. The molecule has 240 valence electrons. The van der Waals surface area contributed by atoms with E-state index in [0.717, 1.165) is 43.5 Å². The van der Waals surface area contributed by atoms with Crippen molar-refractivity contribution in [2.45, 2.75) is 82.7 Å². The predicted molar refractivity (Wildman–Crippen MR) is 182 cm³/mol. The van der Waals surface area contributed by atoms with E-state index in [1.54, 1.807) is 4.90 Å². The minimum Gasteiger partial charge on any atom is -0.356 e. The van der Waals surface area contributed by atoms with E-state index < -0.39 is 18.1 Å². The summed E-state index contributed by atoms with van der Waals surface area (Å²) in [6, 6.07) is 27.7. The van der Waals surface area contributed by atoms with Gasteiger partial charge in [-0.25, -0.2) is 0 Å². The number of nitrogens with one attached hydrogen (secondary N) is 3. The Hall–Kier alpha value is -3.95. The van der Waals surface area contributed by atoms with Crippen LogP contribution in [0.1, 0.15) is 68.7 Å². The van der Waals surface area contributed by atoms with Crippen molar-refractivity contribution < 1.29 is 14.4 Å². The van der Waals surface area contributed by atoms with Gasteiger partial charge in [-0.05, 0) is 55.3 Å². The Morgan fingerprint density at radius 1 is 0.870 bits per heavy atom. The molecule has 0 unspecified atom stereocenters. The van der Waals surface area contributed by atoms with Gasteiger partial charge in [0, 0.05) is 25.0 Å². The lowest BCUT2D eigenvalue weighted by Gasteiger charge is -2.35. The first kappa shape index (κ1) is 33.4. The Morgan fingerprint density at radius 3 is 2.02 bits per heavy atom. The average Bonchev–Trinajstić information content (AvgIpc) is 3.48. The summed E-state index contributed by atoms with van der Waals surface area (Å²) in [5.41, 5.74) is 3.15. The zero-order valence-corrected chi connectivity index (χ0v) is 27.0. The molecule has 3 aromatic rings. The molecule has 5 rings (SSSR count). The van der Waals surface area contributed by atoms with Crippen molar-refractivity contribution in [3.8, 4) is 0 Å². The molecule has 9 heteroatoms. The summed E-state index contributed by atoms with van der Waals surface area (Å²) >= 11 is 0. The van der Waals surface area contributed by atoms with Crippen LogP contribution in [0.2, 0.25) is 0 Å². The average molecular weight is 620 g/mol. The highest BCUT2D eigenvalue weighted by Crippen LogP contribution is 2.35. The molecule has 0 saturated carbocycles. The van der Waals surface area contributed by atoms with Crippen molar-refractivity contribution in [2.24, 2.45) is 5.92 Å². The molecule has 0 aromatic heterocycles. The maximum Gasteiger partial charge on any atom is 0.246 e. The number of benzene rings is 3. The van der Waals surface area contributed by atoms with E-state index in [4.69, 9.17) is 7.98 Å². The fourth-order valence-corrected chi connectivity index (χ4v) is 7.07. The Morgan fingerprint density at radius 2 is 1.46 bits per heavy atom. The molecule has 0 bridgehead atoms. The first-order valence-electron chi connectivity index (χ1n) is 16.7. The number of hydrogen-bond acceptors (Lipinski definition) is 5. The largest absolute Gasteiger partial charge is 0.356 e. The van der Waals surface area contributed by atoms with Crippen LogP contribution < -0.4 is 15.9 Å². The molecule has 0 spiro atoms. The summed E-state index contributed by atoms with van der Waals surface area (Å²) < 4.78 is 0. The Kier molecular flexibility index (Phi) is 11.7. The van der Waals surface area contributed by atoms with Crippen molar-refractivity contribution >= 4 is 25.7 Å². The van der Waals surface area contributed by atoms with Gasteiger partial charge in [-0.3, -0.25) is 19.3 Å². The topological polar surface area (TPSA) is 93.8 Å². The Labute approximate surface area is 274 Å². The van der Waals surface area contributed by atoms with Crippen LogP contribution in [0.3, 0.4) is 0 Å². The summed E-state index contributed by atoms with van der Waals surface area (Å²) in [4.78, 5) is 46.2. The number of amides is 3. The van der Waals surface area contributed by atoms with Crippen molar-refractivity contribution in [2.75, 3.05) is 13.1 Å². The van der Waals surface area contributed by atoms with Crippen molar-refractivity contribution in [1.29, 1.82) is 0 Å². The summed E-state index contributed by atoms with van der Waals surface area (Å²) in [5, 5.41) is 8.96. The number of carbonyl (C=O) groups excluding carboxylic acids is 3. The fraction of sp³-hybridized carbons (Fsp3) is 0.432. The first-order valence-corrected chi connectivity index (χ1v) is 16.7. The lowest BCUT2D eigenvalue weighted by atomic mass is 9.92. The summed E-state index contributed by atoms with van der Waals surface area (Å²) in [6.07, 6.45) is 3.37. The molecular weight excluding hydrogens is 573 g/mol. The van der Waals surface area contributed by atoms with E-state index in [1.165, 1.54) is 5.56 Å². The highest BCUT2D eigenvalue weighted by Gasteiger charge is 2.48. The normalized spacial score (nSPS) is 21.9. The zero-order valence-electron chi connectivity index (χ0n) is 27.0. The van der Waals surface area contributed by atoms with Gasteiger partial charge in [0.05, 0.1) is 12.1 Å². The second-order valence-corrected chi connectivity index (χ2v) is 12.5. The molecule has 3 aromatic carbocycles. The lowest BCUT2D eigenvalue weighted by molar-refractivity contribution is -0.144. The van der Waals surface area contributed by atoms with Gasteiger partial charge >= 0.3 is 0 Å². The molecule has 2 saturated heterocycles. The van der Waals surface area contributed by atoms with Crippen LogP contribution in [0.5, 0.6) is 0 Å². The Bertz CT molecular complexity index is 1380. The van der Waals surface area contributed by atoms with Gasteiger partial charge in [0.15, 0.2) is 7.98 Å². The molecule has 3 amide bonds. The number of nitrogens with zero attached hydrogens (tertiary/aromatic N) is 2. The molecule has 2 heterocycles. The zero-order chi connectivity index (χ0) is 32.5. The fourth-order valence-electron chi connectivity index (χ4n) is 7.07. The van der Waals surface area contributed by atoms with Crippen LogP contribution in [0.25, 0.3) is 0 Å². The minimum atomic E-state index is -0.767. The summed E-state index contributed by atoms with van der Waals surface area (Å²) in [7, 11) is 5.70. The molecule has 2 aliphatic heterocycles. The van der Waals surface area contributed by atoms with Gasteiger partial charge in [-0.2, -0.15) is 0 Å². The van der Waals surface area contributed by atoms with Gasteiger partial charge in [0.2, 0.25) is 17.7 Å². The van der Waals surface area contributed by atoms with Gasteiger partial charge < -0.3 is 20.8 Å².